The molecule has 1 rings (SSSR count). The van der Waals surface area contributed by atoms with E-state index >= 15 is 0 Å². The van der Waals surface area contributed by atoms with Crippen molar-refractivity contribution in [1.82, 2.24) is 0 Å². The van der Waals surface area contributed by atoms with Crippen LogP contribution in [0.1, 0.15) is 18.0 Å². The molecular formula is C10H9O4. The highest BCUT2D eigenvalue weighted by molar-refractivity contribution is 5.73. The van der Waals surface area contributed by atoms with E-state index in [4.69, 9.17) is 4.11 Å². The third kappa shape index (κ3) is 2.90. The molecule has 0 fully saturated rings. The van der Waals surface area contributed by atoms with E-state index in [2.05, 4.69) is 15.5 Å². The largest absolute Gasteiger partial charge is 0.423 e. The van der Waals surface area contributed by atoms with E-state index in [0.29, 0.717) is 0 Å². The van der Waals surface area contributed by atoms with Crippen LogP contribution in [0.4, 0.5) is 0 Å². The van der Waals surface area contributed by atoms with Crippen molar-refractivity contribution in [2.24, 2.45) is 0 Å². The standard InChI is InChI=1S/C10H9O4/c1-7(11)13-9-5-3-4-6-10(9)14-8(2)12/h3-5H,1-2H3/i3D,4D,5D. The molecule has 0 saturated carbocycles. The van der Waals surface area contributed by atoms with Gasteiger partial charge in [0.25, 0.3) is 0 Å². The number of hydrogen-bond acceptors (Lipinski definition) is 4. The van der Waals surface area contributed by atoms with Crippen LogP contribution >= 0.6 is 0 Å². The average molecular weight is 196 g/mol. The Hall–Kier alpha value is -1.84. The monoisotopic (exact) mass is 196 g/mol. The highest BCUT2D eigenvalue weighted by Crippen LogP contribution is 2.25. The minimum absolute atomic E-state index is 0.335. The van der Waals surface area contributed by atoms with E-state index in [-0.39, 0.29) is 11.5 Å². The summed E-state index contributed by atoms with van der Waals surface area (Å²) in [5, 5.41) is 0. The van der Waals surface area contributed by atoms with Gasteiger partial charge < -0.3 is 9.47 Å². The summed E-state index contributed by atoms with van der Waals surface area (Å²) in [5.74, 6) is -2.14. The van der Waals surface area contributed by atoms with Gasteiger partial charge in [-0.1, -0.05) is 12.1 Å². The fourth-order valence-corrected chi connectivity index (χ4v) is 0.721. The first-order valence-corrected chi connectivity index (χ1v) is 3.72. The third-order valence-corrected chi connectivity index (χ3v) is 1.11. The molecule has 0 amide bonds. The fraction of sp³-hybridized carbons (Fsp3) is 0.200. The number of hydrogen-bond donors (Lipinski definition) is 0. The van der Waals surface area contributed by atoms with Gasteiger partial charge in [-0.15, -0.1) is 0 Å². The lowest BCUT2D eigenvalue weighted by molar-refractivity contribution is -0.134. The summed E-state index contributed by atoms with van der Waals surface area (Å²) in [5.41, 5.74) is 0. The van der Waals surface area contributed by atoms with Gasteiger partial charge in [-0.2, -0.15) is 0 Å². The Bertz CT molecular complexity index is 485. The quantitative estimate of drug-likeness (QED) is 0.529. The third-order valence-electron chi connectivity index (χ3n) is 1.11. The first-order chi connectivity index (χ1) is 7.82. The molecule has 0 aliphatic rings. The summed E-state index contributed by atoms with van der Waals surface area (Å²) in [7, 11) is 0. The van der Waals surface area contributed by atoms with E-state index in [0.717, 1.165) is 13.8 Å². The second-order valence-corrected chi connectivity index (χ2v) is 2.35. The number of ether oxygens (including phenoxy) is 2. The number of rotatable bonds is 2. The summed E-state index contributed by atoms with van der Waals surface area (Å²) in [6.45, 7) is 2.22. The smallest absolute Gasteiger partial charge is 0.308 e. The van der Waals surface area contributed by atoms with E-state index < -0.39 is 30.1 Å². The minimum atomic E-state index is -0.725. The number of para-hydroxylation sites is 1. The molecular weight excluding hydrogens is 184 g/mol. The molecule has 0 saturated heterocycles. The van der Waals surface area contributed by atoms with Crippen molar-refractivity contribution in [3.63, 3.8) is 0 Å². The Labute approximate surface area is 85.7 Å². The Balaban J connectivity index is 3.34. The molecule has 73 valence electrons. The summed E-state index contributed by atoms with van der Waals surface area (Å²) in [6, 6.07) is 0.885. The molecule has 0 atom stereocenters. The van der Waals surface area contributed by atoms with Crippen LogP contribution in [0.5, 0.6) is 11.5 Å². The number of carbonyl (C=O) groups excluding carboxylic acids is 2. The van der Waals surface area contributed by atoms with Gasteiger partial charge in [0, 0.05) is 19.9 Å². The van der Waals surface area contributed by atoms with E-state index in [1.54, 1.807) is 0 Å². The summed E-state index contributed by atoms with van der Waals surface area (Å²) < 4.78 is 31.6. The van der Waals surface area contributed by atoms with Crippen LogP contribution in [-0.4, -0.2) is 11.9 Å². The number of carbonyl (C=O) groups is 2. The Kier molecular flexibility index (Phi) is 2.08. The van der Waals surface area contributed by atoms with Gasteiger partial charge in [0.2, 0.25) is 0 Å². The van der Waals surface area contributed by atoms with Gasteiger partial charge in [0.1, 0.15) is 0 Å². The van der Waals surface area contributed by atoms with Crippen molar-refractivity contribution in [2.45, 2.75) is 13.8 Å². The zero-order valence-corrected chi connectivity index (χ0v) is 7.63. The molecule has 0 N–H and O–H groups in total. The molecule has 1 aromatic carbocycles. The summed E-state index contributed by atoms with van der Waals surface area (Å²) in [6.07, 6.45) is 0. The molecule has 0 aliphatic carbocycles. The van der Waals surface area contributed by atoms with Gasteiger partial charge in [-0.25, -0.2) is 0 Å². The van der Waals surface area contributed by atoms with E-state index in [1.165, 1.54) is 0 Å². The van der Waals surface area contributed by atoms with Crippen molar-refractivity contribution in [3.05, 3.63) is 24.2 Å². The Morgan fingerprint density at radius 1 is 1.36 bits per heavy atom. The zero-order valence-electron chi connectivity index (χ0n) is 10.6. The molecule has 0 spiro atoms. The van der Waals surface area contributed by atoms with Crippen LogP contribution in [0.15, 0.2) is 18.1 Å². The van der Waals surface area contributed by atoms with Crippen LogP contribution in [-0.2, 0) is 9.59 Å². The first kappa shape index (κ1) is 6.59. The molecule has 0 heterocycles. The normalized spacial score (nSPS) is 12.3. The lowest BCUT2D eigenvalue weighted by Gasteiger charge is -2.06. The lowest BCUT2D eigenvalue weighted by Crippen LogP contribution is -2.06. The highest BCUT2D eigenvalue weighted by atomic mass is 16.6. The number of benzene rings is 1. The molecule has 1 aromatic rings. The lowest BCUT2D eigenvalue weighted by atomic mass is 10.3. The van der Waals surface area contributed by atoms with Crippen molar-refractivity contribution in [1.29, 1.82) is 0 Å². The maximum absolute atomic E-state index is 10.8. The molecule has 0 bridgehead atoms. The topological polar surface area (TPSA) is 52.6 Å². The fourth-order valence-electron chi connectivity index (χ4n) is 0.721. The van der Waals surface area contributed by atoms with Gasteiger partial charge >= 0.3 is 11.9 Å². The van der Waals surface area contributed by atoms with Gasteiger partial charge in [-0.3, -0.25) is 9.59 Å². The van der Waals surface area contributed by atoms with Crippen LogP contribution in [0.3, 0.4) is 0 Å². The second kappa shape index (κ2) is 4.41. The van der Waals surface area contributed by atoms with E-state index in [9.17, 15) is 9.59 Å². The van der Waals surface area contributed by atoms with Crippen LogP contribution < -0.4 is 9.47 Å². The molecule has 0 aliphatic heterocycles. The molecule has 0 aromatic heterocycles. The van der Waals surface area contributed by atoms with E-state index in [1.807, 2.05) is 0 Å². The Morgan fingerprint density at radius 3 is 2.57 bits per heavy atom. The number of esters is 2. The molecule has 4 heteroatoms. The maximum atomic E-state index is 10.8. The molecule has 4 nitrogen and oxygen atoms in total. The van der Waals surface area contributed by atoms with Crippen LogP contribution in [0, 0.1) is 6.07 Å². The summed E-state index contributed by atoms with van der Waals surface area (Å²) >= 11 is 0. The molecule has 1 radical (unpaired) electrons. The highest BCUT2D eigenvalue weighted by Gasteiger charge is 2.08. The predicted octanol–water partition coefficient (Wildman–Crippen LogP) is 1.34. The van der Waals surface area contributed by atoms with Crippen molar-refractivity contribution >= 4 is 11.9 Å². The van der Waals surface area contributed by atoms with Gasteiger partial charge in [-0.05, 0) is 6.04 Å². The van der Waals surface area contributed by atoms with Crippen molar-refractivity contribution in [3.8, 4) is 11.5 Å². The summed E-state index contributed by atoms with van der Waals surface area (Å²) in [4.78, 5) is 21.6. The maximum Gasteiger partial charge on any atom is 0.308 e. The van der Waals surface area contributed by atoms with Gasteiger partial charge in [0.05, 0.1) is 4.11 Å². The minimum Gasteiger partial charge on any atom is -0.423 e. The van der Waals surface area contributed by atoms with Gasteiger partial charge in [0.15, 0.2) is 11.5 Å². The van der Waals surface area contributed by atoms with Crippen molar-refractivity contribution < 1.29 is 23.2 Å². The average Bonchev–Trinajstić information content (AvgIpc) is 2.20. The van der Waals surface area contributed by atoms with Crippen molar-refractivity contribution in [2.75, 3.05) is 0 Å². The zero-order chi connectivity index (χ0) is 13.2. The predicted molar refractivity (Wildman–Crippen MR) is 47.9 cm³/mol. The Morgan fingerprint density at radius 2 is 2.00 bits per heavy atom. The second-order valence-electron chi connectivity index (χ2n) is 2.35. The molecule has 14 heavy (non-hydrogen) atoms. The first-order valence-electron chi connectivity index (χ1n) is 5.22. The van der Waals surface area contributed by atoms with Crippen LogP contribution in [0.25, 0.3) is 0 Å². The molecule has 0 unspecified atom stereocenters. The SMILES string of the molecule is [2H]c1[c]c(OC(C)=O)c(OC(C)=O)c([2H])c1[2H]. The van der Waals surface area contributed by atoms with Crippen LogP contribution in [0.2, 0.25) is 0 Å².